The van der Waals surface area contributed by atoms with E-state index in [1.165, 1.54) is 37.1 Å². The van der Waals surface area contributed by atoms with Crippen molar-refractivity contribution in [2.45, 2.75) is 38.1 Å². The number of rotatable bonds is 4. The summed E-state index contributed by atoms with van der Waals surface area (Å²) in [6, 6.07) is 5.13. The second-order valence-electron chi connectivity index (χ2n) is 6.07. The molecule has 1 heterocycles. The Hall–Kier alpha value is -2.35. The van der Waals surface area contributed by atoms with Crippen molar-refractivity contribution in [2.75, 3.05) is 12.4 Å². The van der Waals surface area contributed by atoms with Crippen LogP contribution in [0.2, 0.25) is 0 Å². The number of thioether (sulfide) groups is 1. The number of nitrogens with one attached hydrogen (secondary N) is 2. The Kier molecular flexibility index (Phi) is 5.37. The number of amidine groups is 1. The van der Waals surface area contributed by atoms with Gasteiger partial charge < -0.3 is 10.6 Å². The van der Waals surface area contributed by atoms with Gasteiger partial charge in [0.2, 0.25) is 0 Å². The first kappa shape index (κ1) is 17.5. The van der Waals surface area contributed by atoms with Crippen LogP contribution in [0.3, 0.4) is 0 Å². The van der Waals surface area contributed by atoms with E-state index in [0.717, 1.165) is 12.8 Å². The number of amides is 1. The molecule has 25 heavy (non-hydrogen) atoms. The predicted octanol–water partition coefficient (Wildman–Crippen LogP) is 3.53. The molecule has 1 saturated carbocycles. The highest BCUT2D eigenvalue weighted by Crippen LogP contribution is 2.31. The van der Waals surface area contributed by atoms with Crippen molar-refractivity contribution in [1.82, 2.24) is 5.32 Å². The number of carbonyl (C=O) groups excluding carboxylic acids is 1. The molecule has 0 unspecified atom stereocenters. The molecule has 1 aromatic rings. The second-order valence-corrected chi connectivity index (χ2v) is 7.11. The van der Waals surface area contributed by atoms with Crippen LogP contribution in [0.15, 0.2) is 28.1 Å². The Balaban J connectivity index is 1.79. The number of nitrogens with zero attached hydrogens (tertiary/aromatic N) is 2. The molecule has 3 rings (SSSR count). The minimum absolute atomic E-state index is 0.0173. The fourth-order valence-corrected chi connectivity index (χ4v) is 3.91. The van der Waals surface area contributed by atoms with Crippen molar-refractivity contribution in [3.8, 4) is 0 Å². The summed E-state index contributed by atoms with van der Waals surface area (Å²) in [6.07, 6.45) is 7.42. The van der Waals surface area contributed by atoms with E-state index in [1.54, 1.807) is 25.3 Å². The van der Waals surface area contributed by atoms with Crippen molar-refractivity contribution >= 4 is 40.3 Å². The van der Waals surface area contributed by atoms with Gasteiger partial charge in [0.05, 0.1) is 15.9 Å². The molecule has 1 aliphatic heterocycles. The third kappa shape index (κ3) is 4.19. The number of hydrogen-bond acceptors (Lipinski definition) is 6. The molecule has 8 heteroatoms. The first-order valence-electron chi connectivity index (χ1n) is 8.31. The van der Waals surface area contributed by atoms with Crippen LogP contribution in [-0.4, -0.2) is 29.1 Å². The first-order valence-corrected chi connectivity index (χ1v) is 9.13. The molecule has 1 aliphatic carbocycles. The Morgan fingerprint density at radius 3 is 2.80 bits per heavy atom. The van der Waals surface area contributed by atoms with E-state index < -0.39 is 4.92 Å². The van der Waals surface area contributed by atoms with Crippen LogP contribution >= 0.6 is 11.8 Å². The van der Waals surface area contributed by atoms with Gasteiger partial charge in [0, 0.05) is 13.1 Å². The standard InChI is InChI=1S/C17H20N4O3S/c1-18-13-8-7-11(9-14(13)21(23)24)10-15-16(22)20-17(25-15)19-12-5-3-2-4-6-12/h7-10,12,18H,2-6H2,1H3,(H,19,20,22). The Morgan fingerprint density at radius 1 is 1.36 bits per heavy atom. The van der Waals surface area contributed by atoms with Crippen molar-refractivity contribution in [1.29, 1.82) is 0 Å². The normalized spacial score (nSPS) is 21.6. The van der Waals surface area contributed by atoms with Crippen molar-refractivity contribution in [2.24, 2.45) is 4.99 Å². The first-order chi connectivity index (χ1) is 12.1. The number of benzene rings is 1. The Morgan fingerprint density at radius 2 is 2.12 bits per heavy atom. The summed E-state index contributed by atoms with van der Waals surface area (Å²) in [6.45, 7) is 0. The molecule has 0 aromatic heterocycles. The largest absolute Gasteiger partial charge is 0.383 e. The Bertz CT molecular complexity index is 754. The summed E-state index contributed by atoms with van der Waals surface area (Å²) >= 11 is 1.30. The van der Waals surface area contributed by atoms with E-state index in [2.05, 4.69) is 15.6 Å². The van der Waals surface area contributed by atoms with Gasteiger partial charge in [0.25, 0.3) is 11.6 Å². The van der Waals surface area contributed by atoms with Gasteiger partial charge in [-0.15, -0.1) is 0 Å². The van der Waals surface area contributed by atoms with Crippen LogP contribution in [0.25, 0.3) is 6.08 Å². The molecular weight excluding hydrogens is 340 g/mol. The number of nitro benzene ring substituents is 1. The maximum absolute atomic E-state index is 12.1. The molecule has 0 bridgehead atoms. The van der Waals surface area contributed by atoms with Crippen LogP contribution in [0.1, 0.15) is 37.7 Å². The van der Waals surface area contributed by atoms with E-state index in [1.807, 2.05) is 0 Å². The molecule has 7 nitrogen and oxygen atoms in total. The topological polar surface area (TPSA) is 96.6 Å². The van der Waals surface area contributed by atoms with Crippen LogP contribution in [-0.2, 0) is 4.79 Å². The highest BCUT2D eigenvalue weighted by molar-refractivity contribution is 8.18. The summed E-state index contributed by atoms with van der Waals surface area (Å²) in [5.41, 5.74) is 1.04. The summed E-state index contributed by atoms with van der Waals surface area (Å²) < 4.78 is 0. The van der Waals surface area contributed by atoms with E-state index in [4.69, 9.17) is 0 Å². The lowest BCUT2D eigenvalue weighted by Crippen LogP contribution is -2.22. The molecule has 0 spiro atoms. The predicted molar refractivity (Wildman–Crippen MR) is 101 cm³/mol. The zero-order valence-electron chi connectivity index (χ0n) is 13.9. The van der Waals surface area contributed by atoms with Gasteiger partial charge in [-0.25, -0.2) is 0 Å². The van der Waals surface area contributed by atoms with Gasteiger partial charge in [-0.05, 0) is 42.3 Å². The zero-order chi connectivity index (χ0) is 17.8. The number of hydrogen-bond donors (Lipinski definition) is 2. The van der Waals surface area contributed by atoms with E-state index in [9.17, 15) is 14.9 Å². The molecule has 0 radical (unpaired) electrons. The quantitative estimate of drug-likeness (QED) is 0.486. The second kappa shape index (κ2) is 7.69. The fourth-order valence-electron chi connectivity index (χ4n) is 3.02. The highest BCUT2D eigenvalue weighted by atomic mass is 32.2. The van der Waals surface area contributed by atoms with Crippen molar-refractivity contribution in [3.05, 3.63) is 38.8 Å². The molecule has 1 saturated heterocycles. The van der Waals surface area contributed by atoms with Gasteiger partial charge in [-0.3, -0.25) is 19.9 Å². The summed E-state index contributed by atoms with van der Waals surface area (Å²) in [5, 5.41) is 17.4. The molecule has 132 valence electrons. The molecule has 2 aliphatic rings. The third-order valence-corrected chi connectivity index (χ3v) is 5.23. The number of aliphatic imine (C=N–C) groups is 1. The van der Waals surface area contributed by atoms with Crippen molar-refractivity contribution in [3.63, 3.8) is 0 Å². The highest BCUT2D eigenvalue weighted by Gasteiger charge is 2.25. The fraction of sp³-hybridized carbons (Fsp3) is 0.412. The maximum Gasteiger partial charge on any atom is 0.292 e. The van der Waals surface area contributed by atoms with Gasteiger partial charge in [0.15, 0.2) is 5.17 Å². The number of carbonyl (C=O) groups is 1. The average molecular weight is 360 g/mol. The van der Waals surface area contributed by atoms with Gasteiger partial charge >= 0.3 is 0 Å². The lowest BCUT2D eigenvalue weighted by Gasteiger charge is -2.17. The molecule has 1 amide bonds. The minimum atomic E-state index is -0.439. The van der Waals surface area contributed by atoms with Crippen LogP contribution in [0, 0.1) is 10.1 Å². The summed E-state index contributed by atoms with van der Waals surface area (Å²) in [5.74, 6) is -0.208. The minimum Gasteiger partial charge on any atom is -0.383 e. The third-order valence-electron chi connectivity index (χ3n) is 4.31. The van der Waals surface area contributed by atoms with Crippen LogP contribution < -0.4 is 10.6 Å². The average Bonchev–Trinajstić information content (AvgIpc) is 2.94. The maximum atomic E-state index is 12.1. The van der Waals surface area contributed by atoms with Crippen LogP contribution in [0.5, 0.6) is 0 Å². The number of anilines is 1. The summed E-state index contributed by atoms with van der Waals surface area (Å²) in [7, 11) is 1.63. The monoisotopic (exact) mass is 360 g/mol. The lowest BCUT2D eigenvalue weighted by atomic mass is 9.96. The van der Waals surface area contributed by atoms with E-state index >= 15 is 0 Å². The zero-order valence-corrected chi connectivity index (χ0v) is 14.8. The molecule has 0 atom stereocenters. The van der Waals surface area contributed by atoms with Gasteiger partial charge in [-0.1, -0.05) is 25.3 Å². The molecule has 2 N–H and O–H groups in total. The smallest absolute Gasteiger partial charge is 0.292 e. The SMILES string of the molecule is CNc1ccc(C=C2SC(=NC3CCCCC3)NC2=O)cc1[N+](=O)[O-]. The Labute approximate surface area is 150 Å². The summed E-state index contributed by atoms with van der Waals surface area (Å²) in [4.78, 5) is 28.0. The molecule has 2 fully saturated rings. The van der Waals surface area contributed by atoms with Crippen LogP contribution in [0.4, 0.5) is 11.4 Å². The van der Waals surface area contributed by atoms with Gasteiger partial charge in [0.1, 0.15) is 5.69 Å². The van der Waals surface area contributed by atoms with Gasteiger partial charge in [-0.2, -0.15) is 0 Å². The van der Waals surface area contributed by atoms with Crippen molar-refractivity contribution < 1.29 is 9.72 Å². The van der Waals surface area contributed by atoms with E-state index in [-0.39, 0.29) is 17.6 Å². The molecular formula is C17H20N4O3S. The number of nitro groups is 1. The molecule has 1 aromatic carbocycles. The van der Waals surface area contributed by atoms with E-state index in [0.29, 0.717) is 21.3 Å². The lowest BCUT2D eigenvalue weighted by molar-refractivity contribution is -0.384.